The molecule has 0 bridgehead atoms. The first-order chi connectivity index (χ1) is 9.20. The summed E-state index contributed by atoms with van der Waals surface area (Å²) in [6.07, 6.45) is 0. The third-order valence-corrected chi connectivity index (χ3v) is 3.13. The van der Waals surface area contributed by atoms with E-state index in [1.165, 1.54) is 0 Å². The van der Waals surface area contributed by atoms with Crippen molar-refractivity contribution in [2.24, 2.45) is 0 Å². The molecule has 3 aromatic rings. The SMILES string of the molecule is COc1ccc(-c2nnc3c(N)ccc(C)n23)cc1. The lowest BCUT2D eigenvalue weighted by atomic mass is 10.2. The molecule has 19 heavy (non-hydrogen) atoms. The van der Waals surface area contributed by atoms with E-state index >= 15 is 0 Å². The van der Waals surface area contributed by atoms with Crippen LogP contribution in [-0.2, 0) is 0 Å². The van der Waals surface area contributed by atoms with Gasteiger partial charge in [0.1, 0.15) is 5.75 Å². The monoisotopic (exact) mass is 254 g/mol. The zero-order valence-electron chi connectivity index (χ0n) is 10.8. The Morgan fingerprint density at radius 3 is 2.47 bits per heavy atom. The molecule has 0 saturated heterocycles. The molecule has 0 saturated carbocycles. The van der Waals surface area contributed by atoms with Crippen molar-refractivity contribution in [2.75, 3.05) is 12.8 Å². The first kappa shape index (κ1) is 11.5. The van der Waals surface area contributed by atoms with Crippen molar-refractivity contribution in [3.63, 3.8) is 0 Å². The number of anilines is 1. The van der Waals surface area contributed by atoms with Gasteiger partial charge in [0.05, 0.1) is 12.8 Å². The van der Waals surface area contributed by atoms with Crippen molar-refractivity contribution >= 4 is 11.3 Å². The second kappa shape index (κ2) is 4.28. The fourth-order valence-corrected chi connectivity index (χ4v) is 2.09. The number of hydrogen-bond donors (Lipinski definition) is 1. The number of nitrogen functional groups attached to an aromatic ring is 1. The maximum atomic E-state index is 5.92. The molecule has 0 aliphatic heterocycles. The Labute approximate surface area is 110 Å². The van der Waals surface area contributed by atoms with Gasteiger partial charge in [-0.1, -0.05) is 0 Å². The number of nitrogens with two attached hydrogens (primary N) is 1. The second-order valence-electron chi connectivity index (χ2n) is 4.34. The van der Waals surface area contributed by atoms with Crippen molar-refractivity contribution in [1.29, 1.82) is 0 Å². The summed E-state index contributed by atoms with van der Waals surface area (Å²) < 4.78 is 7.11. The van der Waals surface area contributed by atoms with Crippen LogP contribution in [-0.4, -0.2) is 21.7 Å². The predicted molar refractivity (Wildman–Crippen MR) is 74.1 cm³/mol. The van der Waals surface area contributed by atoms with Crippen LogP contribution in [0.5, 0.6) is 5.75 Å². The number of aromatic nitrogens is 3. The summed E-state index contributed by atoms with van der Waals surface area (Å²) in [5.74, 6) is 1.59. The van der Waals surface area contributed by atoms with E-state index < -0.39 is 0 Å². The number of benzene rings is 1. The Kier molecular flexibility index (Phi) is 2.59. The minimum Gasteiger partial charge on any atom is -0.497 e. The molecule has 3 rings (SSSR count). The van der Waals surface area contributed by atoms with E-state index in [2.05, 4.69) is 10.2 Å². The molecule has 0 amide bonds. The molecule has 0 fully saturated rings. The second-order valence-corrected chi connectivity index (χ2v) is 4.34. The smallest absolute Gasteiger partial charge is 0.184 e. The number of methoxy groups -OCH3 is 1. The Hall–Kier alpha value is -2.56. The van der Waals surface area contributed by atoms with Gasteiger partial charge in [0.25, 0.3) is 0 Å². The van der Waals surface area contributed by atoms with E-state index in [0.29, 0.717) is 11.3 Å². The van der Waals surface area contributed by atoms with Crippen molar-refractivity contribution in [2.45, 2.75) is 6.92 Å². The van der Waals surface area contributed by atoms with Gasteiger partial charge in [0, 0.05) is 11.3 Å². The minimum atomic E-state index is 0.623. The highest BCUT2D eigenvalue weighted by Crippen LogP contribution is 2.24. The Morgan fingerprint density at radius 1 is 1.05 bits per heavy atom. The van der Waals surface area contributed by atoms with E-state index in [4.69, 9.17) is 10.5 Å². The van der Waals surface area contributed by atoms with Gasteiger partial charge in [-0.05, 0) is 43.3 Å². The maximum Gasteiger partial charge on any atom is 0.184 e. The van der Waals surface area contributed by atoms with Crippen LogP contribution in [0.3, 0.4) is 0 Å². The lowest BCUT2D eigenvalue weighted by Crippen LogP contribution is -1.98. The van der Waals surface area contributed by atoms with Gasteiger partial charge in [-0.3, -0.25) is 4.40 Å². The minimum absolute atomic E-state index is 0.623. The van der Waals surface area contributed by atoms with Gasteiger partial charge in [0.15, 0.2) is 11.5 Å². The van der Waals surface area contributed by atoms with Gasteiger partial charge in [-0.15, -0.1) is 10.2 Å². The van der Waals surface area contributed by atoms with E-state index in [0.717, 1.165) is 22.8 Å². The Morgan fingerprint density at radius 2 is 1.79 bits per heavy atom. The fraction of sp³-hybridized carbons (Fsp3) is 0.143. The number of fused-ring (bicyclic) bond motifs is 1. The molecule has 2 N–H and O–H groups in total. The third-order valence-electron chi connectivity index (χ3n) is 3.13. The highest BCUT2D eigenvalue weighted by molar-refractivity contribution is 5.70. The molecular formula is C14H14N4O. The zero-order chi connectivity index (χ0) is 13.4. The van der Waals surface area contributed by atoms with Crippen LogP contribution in [0, 0.1) is 6.92 Å². The van der Waals surface area contributed by atoms with Crippen LogP contribution in [0.25, 0.3) is 17.0 Å². The summed E-state index contributed by atoms with van der Waals surface area (Å²) in [4.78, 5) is 0. The Bertz CT molecular complexity index is 731. The van der Waals surface area contributed by atoms with E-state index in [-0.39, 0.29) is 0 Å². The normalized spacial score (nSPS) is 10.8. The van der Waals surface area contributed by atoms with Crippen molar-refractivity contribution in [3.05, 3.63) is 42.1 Å². The van der Waals surface area contributed by atoms with Crippen LogP contribution in [0.2, 0.25) is 0 Å². The number of ether oxygens (including phenoxy) is 1. The van der Waals surface area contributed by atoms with Crippen molar-refractivity contribution in [3.8, 4) is 17.1 Å². The first-order valence-corrected chi connectivity index (χ1v) is 5.95. The summed E-state index contributed by atoms with van der Waals surface area (Å²) >= 11 is 0. The molecule has 2 aromatic heterocycles. The van der Waals surface area contributed by atoms with E-state index in [9.17, 15) is 0 Å². The van der Waals surface area contributed by atoms with Crippen molar-refractivity contribution in [1.82, 2.24) is 14.6 Å². The molecule has 0 aliphatic rings. The van der Waals surface area contributed by atoms with Crippen molar-refractivity contribution < 1.29 is 4.74 Å². The average molecular weight is 254 g/mol. The quantitative estimate of drug-likeness (QED) is 0.762. The molecule has 0 spiro atoms. The van der Waals surface area contributed by atoms with E-state index in [1.807, 2.05) is 47.7 Å². The number of pyridine rings is 1. The average Bonchev–Trinajstić information content (AvgIpc) is 2.89. The largest absolute Gasteiger partial charge is 0.497 e. The molecule has 5 nitrogen and oxygen atoms in total. The molecule has 0 radical (unpaired) electrons. The summed E-state index contributed by atoms with van der Waals surface area (Å²) in [5, 5.41) is 8.39. The van der Waals surface area contributed by atoms with Gasteiger partial charge >= 0.3 is 0 Å². The first-order valence-electron chi connectivity index (χ1n) is 5.95. The fourth-order valence-electron chi connectivity index (χ4n) is 2.09. The lowest BCUT2D eigenvalue weighted by Gasteiger charge is -2.06. The summed E-state index contributed by atoms with van der Waals surface area (Å²) in [6.45, 7) is 2.00. The zero-order valence-corrected chi connectivity index (χ0v) is 10.8. The summed E-state index contributed by atoms with van der Waals surface area (Å²) in [6, 6.07) is 11.5. The number of nitrogens with zero attached hydrogens (tertiary/aromatic N) is 3. The molecule has 1 aromatic carbocycles. The standard InChI is InChI=1S/C14H14N4O/c1-9-3-8-12(15)14-17-16-13(18(9)14)10-4-6-11(19-2)7-5-10/h3-8H,15H2,1-2H3. The van der Waals surface area contributed by atoms with Crippen LogP contribution >= 0.6 is 0 Å². The Balaban J connectivity index is 2.22. The number of hydrogen-bond acceptors (Lipinski definition) is 4. The van der Waals surface area contributed by atoms with E-state index in [1.54, 1.807) is 7.11 Å². The van der Waals surface area contributed by atoms with Crippen LogP contribution in [0.1, 0.15) is 5.69 Å². The highest BCUT2D eigenvalue weighted by Gasteiger charge is 2.11. The topological polar surface area (TPSA) is 65.4 Å². The number of aryl methyl sites for hydroxylation is 1. The molecule has 5 heteroatoms. The number of rotatable bonds is 2. The highest BCUT2D eigenvalue weighted by atomic mass is 16.5. The maximum absolute atomic E-state index is 5.92. The molecule has 0 unspecified atom stereocenters. The predicted octanol–water partition coefficient (Wildman–Crippen LogP) is 2.30. The third kappa shape index (κ3) is 1.79. The summed E-state index contributed by atoms with van der Waals surface area (Å²) in [5.41, 5.74) is 9.24. The molecule has 0 atom stereocenters. The van der Waals surface area contributed by atoms with Gasteiger partial charge in [0.2, 0.25) is 0 Å². The molecule has 96 valence electrons. The van der Waals surface area contributed by atoms with Crippen LogP contribution in [0.15, 0.2) is 36.4 Å². The molecular weight excluding hydrogens is 240 g/mol. The lowest BCUT2D eigenvalue weighted by molar-refractivity contribution is 0.415. The van der Waals surface area contributed by atoms with Crippen LogP contribution < -0.4 is 10.5 Å². The van der Waals surface area contributed by atoms with Gasteiger partial charge in [-0.2, -0.15) is 0 Å². The summed E-state index contributed by atoms with van der Waals surface area (Å²) in [7, 11) is 1.65. The molecule has 2 heterocycles. The van der Waals surface area contributed by atoms with Crippen LogP contribution in [0.4, 0.5) is 5.69 Å². The van der Waals surface area contributed by atoms with Gasteiger partial charge < -0.3 is 10.5 Å². The molecule has 0 aliphatic carbocycles. The van der Waals surface area contributed by atoms with Gasteiger partial charge in [-0.25, -0.2) is 0 Å².